The van der Waals surface area contributed by atoms with Gasteiger partial charge in [0.2, 0.25) is 0 Å². The molecular formula is C15H17N3O5. The number of nitro benzene ring substituents is 1. The molecule has 8 heteroatoms. The number of nitriles is 1. The minimum absolute atomic E-state index is 0.0574. The summed E-state index contributed by atoms with van der Waals surface area (Å²) in [7, 11) is 0. The number of phenols is 1. The number of hydrogen-bond donors (Lipinski definition) is 2. The van der Waals surface area contributed by atoms with Gasteiger partial charge in [0.15, 0.2) is 5.75 Å². The minimum Gasteiger partial charge on any atom is -0.502 e. The van der Waals surface area contributed by atoms with Gasteiger partial charge >= 0.3 is 5.69 Å². The SMILES string of the molecule is CCN(CC)C(=O)C(C#N)=Cc1cc(CO)c(O)c([N+](=O)[O-])c1. The third-order valence-corrected chi connectivity index (χ3v) is 3.27. The summed E-state index contributed by atoms with van der Waals surface area (Å²) in [5.41, 5.74) is -0.665. The van der Waals surface area contributed by atoms with E-state index in [2.05, 4.69) is 0 Å². The highest BCUT2D eigenvalue weighted by molar-refractivity contribution is 6.01. The Balaban J connectivity index is 3.39. The summed E-state index contributed by atoms with van der Waals surface area (Å²) in [4.78, 5) is 23.8. The smallest absolute Gasteiger partial charge is 0.311 e. The summed E-state index contributed by atoms with van der Waals surface area (Å²) >= 11 is 0. The zero-order valence-corrected chi connectivity index (χ0v) is 12.8. The number of carbonyl (C=O) groups is 1. The Morgan fingerprint density at radius 2 is 2.04 bits per heavy atom. The number of hydrogen-bond acceptors (Lipinski definition) is 6. The van der Waals surface area contributed by atoms with Gasteiger partial charge in [0.1, 0.15) is 11.6 Å². The molecule has 0 aliphatic heterocycles. The van der Waals surface area contributed by atoms with Crippen molar-refractivity contribution < 1.29 is 19.9 Å². The molecule has 23 heavy (non-hydrogen) atoms. The number of aliphatic hydroxyl groups is 1. The summed E-state index contributed by atoms with van der Waals surface area (Å²) in [6.45, 7) is 3.77. The number of aromatic hydroxyl groups is 1. The lowest BCUT2D eigenvalue weighted by Gasteiger charge is -2.17. The number of aliphatic hydroxyl groups excluding tert-OH is 1. The topological polar surface area (TPSA) is 128 Å². The van der Waals surface area contributed by atoms with Crippen LogP contribution < -0.4 is 0 Å². The van der Waals surface area contributed by atoms with Crippen molar-refractivity contribution >= 4 is 17.7 Å². The monoisotopic (exact) mass is 319 g/mol. The van der Waals surface area contributed by atoms with Crippen LogP contribution in [0.1, 0.15) is 25.0 Å². The number of amides is 1. The van der Waals surface area contributed by atoms with Crippen molar-refractivity contribution in [3.05, 3.63) is 38.9 Å². The summed E-state index contributed by atoms with van der Waals surface area (Å²) in [5.74, 6) is -1.12. The Morgan fingerprint density at radius 1 is 1.43 bits per heavy atom. The van der Waals surface area contributed by atoms with E-state index >= 15 is 0 Å². The summed E-state index contributed by atoms with van der Waals surface area (Å²) < 4.78 is 0. The molecule has 8 nitrogen and oxygen atoms in total. The highest BCUT2D eigenvalue weighted by Gasteiger charge is 2.20. The van der Waals surface area contributed by atoms with Crippen LogP contribution in [-0.2, 0) is 11.4 Å². The van der Waals surface area contributed by atoms with Crippen molar-refractivity contribution in [1.29, 1.82) is 5.26 Å². The van der Waals surface area contributed by atoms with E-state index in [0.717, 1.165) is 6.07 Å². The maximum atomic E-state index is 12.2. The number of benzene rings is 1. The number of nitrogens with zero attached hydrogens (tertiary/aromatic N) is 3. The van der Waals surface area contributed by atoms with Crippen molar-refractivity contribution in [1.82, 2.24) is 4.90 Å². The molecular weight excluding hydrogens is 302 g/mol. The molecule has 0 heterocycles. The highest BCUT2D eigenvalue weighted by atomic mass is 16.6. The predicted octanol–water partition coefficient (Wildman–Crippen LogP) is 1.57. The first-order chi connectivity index (χ1) is 10.9. The quantitative estimate of drug-likeness (QED) is 0.354. The first kappa shape index (κ1) is 18.1. The maximum Gasteiger partial charge on any atom is 0.311 e. The highest BCUT2D eigenvalue weighted by Crippen LogP contribution is 2.32. The lowest BCUT2D eigenvalue weighted by molar-refractivity contribution is -0.386. The number of rotatable bonds is 6. The van der Waals surface area contributed by atoms with Gasteiger partial charge in [-0.15, -0.1) is 0 Å². The van der Waals surface area contributed by atoms with Gasteiger partial charge < -0.3 is 15.1 Å². The van der Waals surface area contributed by atoms with Gasteiger partial charge in [0, 0.05) is 24.7 Å². The normalized spacial score (nSPS) is 11.0. The standard InChI is InChI=1S/C15H17N3O5/c1-3-17(4-2)15(21)11(8-16)5-10-6-12(9-19)14(20)13(7-10)18(22)23/h5-7,19-20H,3-4,9H2,1-2H3. The molecule has 0 atom stereocenters. The minimum atomic E-state index is -0.801. The Labute approximate surface area is 133 Å². The van der Waals surface area contributed by atoms with E-state index in [0.29, 0.717) is 13.1 Å². The average molecular weight is 319 g/mol. The van der Waals surface area contributed by atoms with E-state index in [1.165, 1.54) is 17.0 Å². The second-order valence-corrected chi connectivity index (χ2v) is 4.61. The molecule has 0 spiro atoms. The zero-order valence-electron chi connectivity index (χ0n) is 12.8. The van der Waals surface area contributed by atoms with Gasteiger partial charge in [-0.1, -0.05) is 0 Å². The Hall–Kier alpha value is -2.92. The van der Waals surface area contributed by atoms with Gasteiger partial charge in [0.25, 0.3) is 5.91 Å². The second kappa shape index (κ2) is 7.91. The zero-order chi connectivity index (χ0) is 17.6. The molecule has 0 unspecified atom stereocenters. The van der Waals surface area contributed by atoms with Crippen LogP contribution in [0.5, 0.6) is 5.75 Å². The predicted molar refractivity (Wildman–Crippen MR) is 82.2 cm³/mol. The van der Waals surface area contributed by atoms with Gasteiger partial charge in [-0.25, -0.2) is 0 Å². The summed E-state index contributed by atoms with van der Waals surface area (Å²) in [6.07, 6.45) is 1.20. The van der Waals surface area contributed by atoms with Gasteiger partial charge in [0.05, 0.1) is 11.5 Å². The lowest BCUT2D eigenvalue weighted by Crippen LogP contribution is -2.31. The first-order valence-corrected chi connectivity index (χ1v) is 6.91. The summed E-state index contributed by atoms with van der Waals surface area (Å²) in [6, 6.07) is 4.11. The molecule has 0 fully saturated rings. The fourth-order valence-electron chi connectivity index (χ4n) is 2.03. The molecule has 2 N–H and O–H groups in total. The molecule has 0 radical (unpaired) electrons. The van der Waals surface area contributed by atoms with Gasteiger partial charge in [-0.05, 0) is 31.6 Å². The van der Waals surface area contributed by atoms with E-state index in [-0.39, 0.29) is 16.7 Å². The molecule has 1 aromatic rings. The number of likely N-dealkylation sites (N-methyl/N-ethyl adjacent to an activating group) is 1. The van der Waals surface area contributed by atoms with Crippen molar-refractivity contribution in [2.24, 2.45) is 0 Å². The molecule has 0 aliphatic rings. The molecule has 0 saturated heterocycles. The first-order valence-electron chi connectivity index (χ1n) is 6.91. The molecule has 1 amide bonds. The van der Waals surface area contributed by atoms with Crippen LogP contribution in [0.4, 0.5) is 5.69 Å². The van der Waals surface area contributed by atoms with Crippen molar-refractivity contribution in [2.75, 3.05) is 13.1 Å². The van der Waals surface area contributed by atoms with Crippen molar-refractivity contribution in [2.45, 2.75) is 20.5 Å². The Morgan fingerprint density at radius 3 is 2.48 bits per heavy atom. The Bertz CT molecular complexity index is 687. The molecule has 0 saturated carbocycles. The van der Waals surface area contributed by atoms with Crippen molar-refractivity contribution in [3.63, 3.8) is 0 Å². The second-order valence-electron chi connectivity index (χ2n) is 4.61. The number of nitro groups is 1. The average Bonchev–Trinajstić information content (AvgIpc) is 2.54. The van der Waals surface area contributed by atoms with E-state index < -0.39 is 28.9 Å². The van der Waals surface area contributed by atoms with E-state index in [1.54, 1.807) is 19.9 Å². The maximum absolute atomic E-state index is 12.2. The van der Waals surface area contributed by atoms with E-state index in [1.807, 2.05) is 0 Å². The third-order valence-electron chi connectivity index (χ3n) is 3.27. The molecule has 0 aromatic heterocycles. The van der Waals surface area contributed by atoms with Crippen LogP contribution in [0.15, 0.2) is 17.7 Å². The molecule has 1 aromatic carbocycles. The van der Waals surface area contributed by atoms with Crippen LogP contribution in [0.25, 0.3) is 6.08 Å². The van der Waals surface area contributed by atoms with Crippen LogP contribution in [0.3, 0.4) is 0 Å². The molecule has 0 aliphatic carbocycles. The Kier molecular flexibility index (Phi) is 6.24. The molecule has 1 rings (SSSR count). The lowest BCUT2D eigenvalue weighted by atomic mass is 10.1. The van der Waals surface area contributed by atoms with Crippen LogP contribution in [0.2, 0.25) is 0 Å². The molecule has 0 bridgehead atoms. The third kappa shape index (κ3) is 4.05. The van der Waals surface area contributed by atoms with E-state index in [9.17, 15) is 25.1 Å². The van der Waals surface area contributed by atoms with Crippen LogP contribution >= 0.6 is 0 Å². The fraction of sp³-hybridized carbons (Fsp3) is 0.333. The van der Waals surface area contributed by atoms with Crippen molar-refractivity contribution in [3.8, 4) is 11.8 Å². The van der Waals surface area contributed by atoms with Gasteiger partial charge in [-0.2, -0.15) is 5.26 Å². The number of carbonyl (C=O) groups excluding carboxylic acids is 1. The molecule has 122 valence electrons. The van der Waals surface area contributed by atoms with E-state index in [4.69, 9.17) is 5.26 Å². The largest absolute Gasteiger partial charge is 0.502 e. The fourth-order valence-corrected chi connectivity index (χ4v) is 2.03. The summed E-state index contributed by atoms with van der Waals surface area (Å²) in [5, 5.41) is 39.0. The van der Waals surface area contributed by atoms with Crippen LogP contribution in [-0.4, -0.2) is 39.0 Å². The van der Waals surface area contributed by atoms with Gasteiger partial charge in [-0.3, -0.25) is 14.9 Å². The van der Waals surface area contributed by atoms with Crippen LogP contribution in [0, 0.1) is 21.4 Å².